The molecule has 37 heavy (non-hydrogen) atoms. The second-order valence-corrected chi connectivity index (χ2v) is 10.8. The predicted molar refractivity (Wildman–Crippen MR) is 147 cm³/mol. The Morgan fingerprint density at radius 1 is 0.892 bits per heavy atom. The number of hydrogen-bond donors (Lipinski definition) is 0. The molecule has 2 aliphatic rings. The van der Waals surface area contributed by atoms with Crippen LogP contribution in [0.5, 0.6) is 0 Å². The van der Waals surface area contributed by atoms with E-state index in [1.807, 2.05) is 18.5 Å². The zero-order chi connectivity index (χ0) is 25.3. The first-order chi connectivity index (χ1) is 18.3. The zero-order valence-electron chi connectivity index (χ0n) is 22.0. The predicted octanol–water partition coefficient (Wildman–Crippen LogP) is 5.60. The van der Waals surface area contributed by atoms with Crippen molar-refractivity contribution in [2.24, 2.45) is 0 Å². The number of hydrogen-bond acceptors (Lipinski definition) is 5. The summed E-state index contributed by atoms with van der Waals surface area (Å²) in [6, 6.07) is 21.9. The fourth-order valence-corrected chi connectivity index (χ4v) is 6.12. The molecule has 6 nitrogen and oxygen atoms in total. The van der Waals surface area contributed by atoms with Crippen LogP contribution in [0, 0.1) is 11.3 Å². The molecular weight excluding hydrogens is 456 g/mol. The molecule has 0 aliphatic carbocycles. The number of aryl methyl sites for hydroxylation is 1. The largest absolute Gasteiger partial charge is 0.312 e. The Morgan fingerprint density at radius 3 is 2.46 bits per heavy atom. The highest BCUT2D eigenvalue weighted by Gasteiger charge is 2.34. The average molecular weight is 497 g/mol. The van der Waals surface area contributed by atoms with Gasteiger partial charge in [-0.15, -0.1) is 10.2 Å². The van der Waals surface area contributed by atoms with Crippen LogP contribution < -0.4 is 0 Å². The van der Waals surface area contributed by atoms with Gasteiger partial charge in [0, 0.05) is 19.1 Å². The lowest BCUT2D eigenvalue weighted by Crippen LogP contribution is -2.37. The Morgan fingerprint density at radius 2 is 1.68 bits per heavy atom. The minimum Gasteiger partial charge on any atom is -0.312 e. The molecular formula is C31H40N6. The van der Waals surface area contributed by atoms with E-state index in [4.69, 9.17) is 5.26 Å². The number of nitrogens with zero attached hydrogens (tertiary/aromatic N) is 6. The molecule has 0 bridgehead atoms. The molecule has 0 spiro atoms. The third-order valence-electron chi connectivity index (χ3n) is 8.21. The van der Waals surface area contributed by atoms with E-state index in [0.29, 0.717) is 12.1 Å². The van der Waals surface area contributed by atoms with Gasteiger partial charge in [-0.3, -0.25) is 9.80 Å². The van der Waals surface area contributed by atoms with Crippen molar-refractivity contribution in [1.29, 1.82) is 5.26 Å². The van der Waals surface area contributed by atoms with Crippen LogP contribution in [0.2, 0.25) is 0 Å². The van der Waals surface area contributed by atoms with Crippen LogP contribution in [0.1, 0.15) is 79.9 Å². The summed E-state index contributed by atoms with van der Waals surface area (Å²) in [5.41, 5.74) is 3.36. The first-order valence-corrected chi connectivity index (χ1v) is 14.2. The first-order valence-electron chi connectivity index (χ1n) is 14.2. The number of nitriles is 1. The lowest BCUT2D eigenvalue weighted by atomic mass is 10.0. The Balaban J connectivity index is 1.18. The average Bonchev–Trinajstić information content (AvgIpc) is 3.72. The maximum Gasteiger partial charge on any atom is 0.150 e. The summed E-state index contributed by atoms with van der Waals surface area (Å²) in [6.45, 7) is 5.68. The second-order valence-electron chi connectivity index (χ2n) is 10.8. The number of unbranched alkanes of at least 4 members (excludes halogenated alkanes) is 3. The van der Waals surface area contributed by atoms with E-state index in [9.17, 15) is 0 Å². The molecule has 2 saturated heterocycles. The van der Waals surface area contributed by atoms with Crippen molar-refractivity contribution in [2.45, 2.75) is 76.4 Å². The van der Waals surface area contributed by atoms with Crippen LogP contribution in [0.25, 0.3) is 0 Å². The zero-order valence-corrected chi connectivity index (χ0v) is 22.0. The van der Waals surface area contributed by atoms with Gasteiger partial charge in [-0.05, 0) is 74.9 Å². The van der Waals surface area contributed by atoms with E-state index in [1.165, 1.54) is 69.2 Å². The summed E-state index contributed by atoms with van der Waals surface area (Å²) in [4.78, 5) is 5.42. The fourth-order valence-electron chi connectivity index (χ4n) is 6.12. The third-order valence-corrected chi connectivity index (χ3v) is 8.21. The monoisotopic (exact) mass is 496 g/mol. The summed E-state index contributed by atoms with van der Waals surface area (Å²) in [6.07, 6.45) is 13.0. The van der Waals surface area contributed by atoms with Gasteiger partial charge < -0.3 is 4.57 Å². The molecule has 2 fully saturated rings. The molecule has 0 amide bonds. The SMILES string of the molecule is N#Cc1ccc(CCCCCCC(c2nncn2Cc2ccccc2)N2CCC(N3CCCC3)C2)cc1. The van der Waals surface area contributed by atoms with Gasteiger partial charge in [0.25, 0.3) is 0 Å². The Bertz CT molecular complexity index is 1130. The van der Waals surface area contributed by atoms with Crippen molar-refractivity contribution < 1.29 is 0 Å². The summed E-state index contributed by atoms with van der Waals surface area (Å²) >= 11 is 0. The van der Waals surface area contributed by atoms with Crippen LogP contribution in [-0.4, -0.2) is 56.8 Å². The van der Waals surface area contributed by atoms with Crippen LogP contribution in [0.4, 0.5) is 0 Å². The molecule has 3 aromatic rings. The van der Waals surface area contributed by atoms with Crippen LogP contribution in [-0.2, 0) is 13.0 Å². The van der Waals surface area contributed by atoms with Crippen molar-refractivity contribution in [2.75, 3.05) is 26.2 Å². The van der Waals surface area contributed by atoms with Crippen molar-refractivity contribution in [3.05, 3.63) is 83.4 Å². The van der Waals surface area contributed by atoms with Crippen molar-refractivity contribution in [3.8, 4) is 6.07 Å². The van der Waals surface area contributed by atoms with Crippen molar-refractivity contribution in [1.82, 2.24) is 24.6 Å². The normalized spacial score (nSPS) is 19.3. The fraction of sp³-hybridized carbons (Fsp3) is 0.516. The topological polar surface area (TPSA) is 61.0 Å². The maximum atomic E-state index is 8.99. The number of benzene rings is 2. The van der Waals surface area contributed by atoms with Crippen molar-refractivity contribution >= 4 is 0 Å². The summed E-state index contributed by atoms with van der Waals surface area (Å²) < 4.78 is 2.27. The van der Waals surface area contributed by atoms with Gasteiger partial charge in [0.15, 0.2) is 5.82 Å². The molecule has 2 unspecified atom stereocenters. The summed E-state index contributed by atoms with van der Waals surface area (Å²) in [5.74, 6) is 1.13. The highest BCUT2D eigenvalue weighted by atomic mass is 15.3. The van der Waals surface area contributed by atoms with E-state index >= 15 is 0 Å². The quantitative estimate of drug-likeness (QED) is 0.305. The molecule has 2 aliphatic heterocycles. The highest BCUT2D eigenvalue weighted by molar-refractivity contribution is 5.31. The summed E-state index contributed by atoms with van der Waals surface area (Å²) in [5, 5.41) is 18.0. The van der Waals surface area contributed by atoms with Crippen molar-refractivity contribution in [3.63, 3.8) is 0 Å². The molecule has 194 valence electrons. The minimum absolute atomic E-state index is 0.331. The van der Waals surface area contributed by atoms with Gasteiger partial charge in [0.1, 0.15) is 6.33 Å². The number of rotatable bonds is 12. The van der Waals surface area contributed by atoms with E-state index in [-0.39, 0.29) is 0 Å². The maximum absolute atomic E-state index is 8.99. The van der Waals surface area contributed by atoms with Gasteiger partial charge in [-0.2, -0.15) is 5.26 Å². The molecule has 3 heterocycles. The molecule has 0 radical (unpaired) electrons. The van der Waals surface area contributed by atoms with Crippen LogP contribution in [0.15, 0.2) is 60.9 Å². The van der Waals surface area contributed by atoms with Gasteiger partial charge in [0.2, 0.25) is 0 Å². The van der Waals surface area contributed by atoms with Gasteiger partial charge >= 0.3 is 0 Å². The molecule has 2 aromatic carbocycles. The standard InChI is InChI=1S/C31H40N6/c32-22-27-16-14-26(15-17-27)10-4-1-2-7-13-30(36-21-18-29(24-36)35-19-8-9-20-35)31-34-33-25-37(31)23-28-11-5-3-6-12-28/h3,5-6,11-12,14-17,25,29-30H,1-2,4,7-10,13,18-21,23-24H2. The van der Waals surface area contributed by atoms with E-state index < -0.39 is 0 Å². The Kier molecular flexibility index (Phi) is 9.00. The molecule has 0 saturated carbocycles. The molecule has 2 atom stereocenters. The van der Waals surface area contributed by atoms with Crippen LogP contribution in [0.3, 0.4) is 0 Å². The molecule has 6 heteroatoms. The lowest BCUT2D eigenvalue weighted by Gasteiger charge is -2.29. The molecule has 1 aromatic heterocycles. The smallest absolute Gasteiger partial charge is 0.150 e. The molecule has 0 N–H and O–H groups in total. The highest BCUT2D eigenvalue weighted by Crippen LogP contribution is 2.31. The van der Waals surface area contributed by atoms with Gasteiger partial charge in [-0.25, -0.2) is 0 Å². The van der Waals surface area contributed by atoms with E-state index in [1.54, 1.807) is 0 Å². The Hall–Kier alpha value is -3.01. The van der Waals surface area contributed by atoms with Gasteiger partial charge in [0.05, 0.1) is 24.2 Å². The van der Waals surface area contributed by atoms with E-state index in [2.05, 4.69) is 73.1 Å². The minimum atomic E-state index is 0.331. The number of aromatic nitrogens is 3. The summed E-state index contributed by atoms with van der Waals surface area (Å²) in [7, 11) is 0. The number of likely N-dealkylation sites (tertiary alicyclic amines) is 2. The third kappa shape index (κ3) is 6.85. The van der Waals surface area contributed by atoms with E-state index in [0.717, 1.165) is 43.9 Å². The second kappa shape index (κ2) is 13.0. The Labute approximate surface area is 221 Å². The van der Waals surface area contributed by atoms with Crippen LogP contribution >= 0.6 is 0 Å². The lowest BCUT2D eigenvalue weighted by molar-refractivity contribution is 0.182. The first kappa shape index (κ1) is 25.6. The van der Waals surface area contributed by atoms with Gasteiger partial charge in [-0.1, -0.05) is 61.7 Å². The molecule has 5 rings (SSSR count).